The maximum absolute atomic E-state index is 5.88. The second-order valence-corrected chi connectivity index (χ2v) is 6.46. The molecule has 0 aliphatic rings. The van der Waals surface area contributed by atoms with Crippen LogP contribution in [-0.4, -0.2) is 37.9 Å². The molecule has 6 heteroatoms. The van der Waals surface area contributed by atoms with Crippen LogP contribution < -0.4 is 0 Å². The standard InChI is InChI=1S/C15H14B3N3/c1-14(2,3)11-5-4-9-10(20-11)8-12(15(16,17)18)21-7-6-19-13(9)21/h4-8H,1-3H3. The van der Waals surface area contributed by atoms with Gasteiger partial charge in [-0.3, -0.25) is 4.98 Å². The van der Waals surface area contributed by atoms with Crippen molar-refractivity contribution in [1.29, 1.82) is 0 Å². The summed E-state index contributed by atoms with van der Waals surface area (Å²) < 4.78 is 1.81. The van der Waals surface area contributed by atoms with E-state index in [0.717, 1.165) is 22.2 Å². The predicted octanol–water partition coefficient (Wildman–Crippen LogP) is 1.80. The van der Waals surface area contributed by atoms with Crippen LogP contribution in [0.25, 0.3) is 16.6 Å². The average Bonchev–Trinajstić information content (AvgIpc) is 2.83. The molecular formula is C15H14B3N3. The molecule has 3 aromatic heterocycles. The van der Waals surface area contributed by atoms with Gasteiger partial charge in [0, 0.05) is 34.6 Å². The van der Waals surface area contributed by atoms with Gasteiger partial charge in [-0.2, -0.15) is 0 Å². The SMILES string of the molecule is [B]C([B])([B])c1cc2nc(C(C)(C)C)ccc2c2nccn12. The fourth-order valence-electron chi connectivity index (χ4n) is 2.42. The van der Waals surface area contributed by atoms with Crippen LogP contribution in [0.4, 0.5) is 0 Å². The first-order valence-corrected chi connectivity index (χ1v) is 6.82. The number of hydrogen-bond acceptors (Lipinski definition) is 2. The topological polar surface area (TPSA) is 30.2 Å². The number of nitrogens with zero attached hydrogens (tertiary/aromatic N) is 3. The molecule has 0 amide bonds. The molecule has 3 nitrogen and oxygen atoms in total. The van der Waals surface area contributed by atoms with Gasteiger partial charge < -0.3 is 4.40 Å². The van der Waals surface area contributed by atoms with Crippen molar-refractivity contribution >= 4 is 40.1 Å². The van der Waals surface area contributed by atoms with E-state index in [4.69, 9.17) is 28.5 Å². The van der Waals surface area contributed by atoms with E-state index in [1.807, 2.05) is 18.2 Å². The van der Waals surface area contributed by atoms with Gasteiger partial charge in [-0.1, -0.05) is 25.9 Å². The molecular weight excluding hydrogens is 255 g/mol. The molecule has 0 aromatic carbocycles. The number of aromatic nitrogens is 3. The van der Waals surface area contributed by atoms with Crippen molar-refractivity contribution in [3.63, 3.8) is 0 Å². The van der Waals surface area contributed by atoms with Crippen molar-refractivity contribution in [2.75, 3.05) is 0 Å². The third kappa shape index (κ3) is 2.37. The summed E-state index contributed by atoms with van der Waals surface area (Å²) in [5, 5.41) is -0.506. The highest BCUT2D eigenvalue weighted by molar-refractivity contribution is 6.58. The van der Waals surface area contributed by atoms with Crippen LogP contribution in [-0.2, 0) is 10.5 Å². The molecule has 0 atom stereocenters. The Hall–Kier alpha value is -1.71. The third-order valence-electron chi connectivity index (χ3n) is 3.55. The lowest BCUT2D eigenvalue weighted by Crippen LogP contribution is -2.29. The van der Waals surface area contributed by atoms with Crippen molar-refractivity contribution in [2.45, 2.75) is 31.3 Å². The quantitative estimate of drug-likeness (QED) is 0.630. The second kappa shape index (κ2) is 4.39. The molecule has 21 heavy (non-hydrogen) atoms. The predicted molar refractivity (Wildman–Crippen MR) is 88.1 cm³/mol. The largest absolute Gasteiger partial charge is 0.305 e. The van der Waals surface area contributed by atoms with Gasteiger partial charge in [0.2, 0.25) is 0 Å². The fourth-order valence-corrected chi connectivity index (χ4v) is 2.42. The molecule has 0 aliphatic carbocycles. The maximum Gasteiger partial charge on any atom is 0.146 e. The van der Waals surface area contributed by atoms with Crippen LogP contribution >= 0.6 is 0 Å². The third-order valence-corrected chi connectivity index (χ3v) is 3.55. The molecule has 0 aliphatic heterocycles. The van der Waals surface area contributed by atoms with Crippen LogP contribution in [0.2, 0.25) is 0 Å². The molecule has 0 bridgehead atoms. The number of imidazole rings is 1. The lowest BCUT2D eigenvalue weighted by Gasteiger charge is -2.24. The molecule has 3 rings (SSSR count). The average molecular weight is 269 g/mol. The Labute approximate surface area is 128 Å². The van der Waals surface area contributed by atoms with Gasteiger partial charge in [0.1, 0.15) is 5.65 Å². The number of hydrogen-bond donors (Lipinski definition) is 0. The smallest absolute Gasteiger partial charge is 0.146 e. The first kappa shape index (κ1) is 14.2. The summed E-state index contributed by atoms with van der Waals surface area (Å²) in [5.74, 6) is 0. The zero-order chi connectivity index (χ0) is 15.4. The number of fused-ring (bicyclic) bond motifs is 3. The zero-order valence-electron chi connectivity index (χ0n) is 12.5. The lowest BCUT2D eigenvalue weighted by atomic mass is 9.41. The van der Waals surface area contributed by atoms with Gasteiger partial charge in [-0.25, -0.2) is 4.98 Å². The Bertz CT molecular complexity index is 826. The Morgan fingerprint density at radius 2 is 1.81 bits per heavy atom. The Morgan fingerprint density at radius 3 is 2.43 bits per heavy atom. The van der Waals surface area contributed by atoms with Crippen molar-refractivity contribution in [2.24, 2.45) is 0 Å². The monoisotopic (exact) mass is 269 g/mol. The summed E-state index contributed by atoms with van der Waals surface area (Å²) in [4.78, 5) is 9.10. The van der Waals surface area contributed by atoms with Crippen molar-refractivity contribution in [1.82, 2.24) is 14.4 Å². The van der Waals surface area contributed by atoms with Gasteiger partial charge in [-0.15, -0.1) is 0 Å². The normalized spacial score (nSPS) is 13.1. The minimum Gasteiger partial charge on any atom is -0.305 e. The zero-order valence-corrected chi connectivity index (χ0v) is 12.5. The molecule has 0 unspecified atom stereocenters. The van der Waals surface area contributed by atoms with Crippen LogP contribution in [0.15, 0.2) is 30.6 Å². The summed E-state index contributed by atoms with van der Waals surface area (Å²) in [5.41, 5.74) is 3.07. The van der Waals surface area contributed by atoms with E-state index >= 15 is 0 Å². The molecule has 0 N–H and O–H groups in total. The summed E-state index contributed by atoms with van der Waals surface area (Å²) in [6.45, 7) is 6.36. The molecule has 0 saturated carbocycles. The molecule has 3 aromatic rings. The first-order valence-electron chi connectivity index (χ1n) is 6.82. The maximum atomic E-state index is 5.88. The number of pyridine rings is 2. The van der Waals surface area contributed by atoms with E-state index in [1.165, 1.54) is 0 Å². The molecule has 3 heterocycles. The minimum atomic E-state index is -1.45. The molecule has 6 radical (unpaired) electrons. The van der Waals surface area contributed by atoms with E-state index in [0.29, 0.717) is 5.69 Å². The molecule has 98 valence electrons. The van der Waals surface area contributed by atoms with Crippen LogP contribution in [0.5, 0.6) is 0 Å². The Balaban J connectivity index is 2.40. The van der Waals surface area contributed by atoms with E-state index in [-0.39, 0.29) is 5.41 Å². The van der Waals surface area contributed by atoms with Gasteiger partial charge in [0.15, 0.2) is 0 Å². The van der Waals surface area contributed by atoms with Crippen molar-refractivity contribution in [3.8, 4) is 0 Å². The van der Waals surface area contributed by atoms with E-state index in [2.05, 4.69) is 25.8 Å². The number of rotatable bonds is 1. The van der Waals surface area contributed by atoms with Crippen molar-refractivity contribution in [3.05, 3.63) is 42.0 Å². The highest BCUT2D eigenvalue weighted by atomic mass is 15.0. The van der Waals surface area contributed by atoms with Crippen LogP contribution in [0.1, 0.15) is 32.2 Å². The highest BCUT2D eigenvalue weighted by Gasteiger charge is 2.20. The highest BCUT2D eigenvalue weighted by Crippen LogP contribution is 2.27. The summed E-state index contributed by atoms with van der Waals surface area (Å²) in [6.07, 6.45) is 3.49. The van der Waals surface area contributed by atoms with Crippen LogP contribution in [0, 0.1) is 0 Å². The van der Waals surface area contributed by atoms with Crippen molar-refractivity contribution < 1.29 is 0 Å². The van der Waals surface area contributed by atoms with Gasteiger partial charge in [0.05, 0.1) is 29.1 Å². The van der Waals surface area contributed by atoms with Gasteiger partial charge >= 0.3 is 0 Å². The van der Waals surface area contributed by atoms with Gasteiger partial charge in [0.25, 0.3) is 0 Å². The molecule has 0 fully saturated rings. The Morgan fingerprint density at radius 1 is 1.10 bits per heavy atom. The fraction of sp³-hybridized carbons (Fsp3) is 0.333. The Kier molecular flexibility index (Phi) is 2.98. The van der Waals surface area contributed by atoms with E-state index in [1.54, 1.807) is 16.8 Å². The second-order valence-electron chi connectivity index (χ2n) is 6.46. The first-order chi connectivity index (χ1) is 9.68. The molecule has 0 saturated heterocycles. The summed E-state index contributed by atoms with van der Waals surface area (Å²) in [6, 6.07) is 5.89. The minimum absolute atomic E-state index is 0.0405. The lowest BCUT2D eigenvalue weighted by molar-refractivity contribution is 0.571. The summed E-state index contributed by atoms with van der Waals surface area (Å²) >= 11 is 0. The van der Waals surface area contributed by atoms with Crippen LogP contribution in [0.3, 0.4) is 0 Å². The molecule has 0 spiro atoms. The van der Waals surface area contributed by atoms with E-state index in [9.17, 15) is 0 Å². The van der Waals surface area contributed by atoms with Gasteiger partial charge in [-0.05, 0) is 18.2 Å². The van der Waals surface area contributed by atoms with E-state index < -0.39 is 5.11 Å². The summed E-state index contributed by atoms with van der Waals surface area (Å²) in [7, 11) is 17.6.